The number of amides is 4. The van der Waals surface area contributed by atoms with Crippen molar-refractivity contribution in [3.8, 4) is 0 Å². The third-order valence-corrected chi connectivity index (χ3v) is 3.68. The van der Waals surface area contributed by atoms with Gasteiger partial charge in [-0.05, 0) is 37.5 Å². The minimum absolute atomic E-state index is 0.110. The number of urea groups is 1. The SMILES string of the molecule is Cc1ccc(C)c(NC(=O)CCCN2C(=O)CN(C)C2=O)c1. The number of benzene rings is 1. The zero-order valence-corrected chi connectivity index (χ0v) is 13.2. The number of likely N-dealkylation sites (N-methyl/N-ethyl adjacent to an activating group) is 1. The number of imide groups is 1. The molecule has 0 radical (unpaired) electrons. The summed E-state index contributed by atoms with van der Waals surface area (Å²) < 4.78 is 0. The monoisotopic (exact) mass is 303 g/mol. The summed E-state index contributed by atoms with van der Waals surface area (Å²) in [6, 6.07) is 5.59. The first kappa shape index (κ1) is 16.0. The van der Waals surface area contributed by atoms with Crippen molar-refractivity contribution in [2.75, 3.05) is 25.5 Å². The molecular formula is C16H21N3O3. The number of hydrogen-bond donors (Lipinski definition) is 1. The Morgan fingerprint density at radius 3 is 2.64 bits per heavy atom. The fraction of sp³-hybridized carbons (Fsp3) is 0.438. The lowest BCUT2D eigenvalue weighted by Gasteiger charge is -2.14. The van der Waals surface area contributed by atoms with Gasteiger partial charge in [-0.15, -0.1) is 0 Å². The van der Waals surface area contributed by atoms with Crippen molar-refractivity contribution in [1.29, 1.82) is 0 Å². The van der Waals surface area contributed by atoms with E-state index in [4.69, 9.17) is 0 Å². The first-order valence-corrected chi connectivity index (χ1v) is 7.31. The number of hydrogen-bond acceptors (Lipinski definition) is 3. The lowest BCUT2D eigenvalue weighted by Crippen LogP contribution is -2.32. The maximum atomic E-state index is 12.0. The predicted molar refractivity (Wildman–Crippen MR) is 83.5 cm³/mol. The first-order chi connectivity index (χ1) is 10.4. The third-order valence-electron chi connectivity index (χ3n) is 3.68. The second kappa shape index (κ2) is 6.60. The predicted octanol–water partition coefficient (Wildman–Crippen LogP) is 1.92. The molecule has 1 saturated heterocycles. The minimum atomic E-state index is -0.292. The van der Waals surface area contributed by atoms with Gasteiger partial charge in [-0.1, -0.05) is 12.1 Å². The first-order valence-electron chi connectivity index (χ1n) is 7.31. The summed E-state index contributed by atoms with van der Waals surface area (Å²) in [5, 5.41) is 2.87. The minimum Gasteiger partial charge on any atom is -0.326 e. The van der Waals surface area contributed by atoms with Gasteiger partial charge in [-0.2, -0.15) is 0 Å². The number of nitrogens with zero attached hydrogens (tertiary/aromatic N) is 2. The van der Waals surface area contributed by atoms with E-state index in [-0.39, 0.29) is 37.4 Å². The smallest absolute Gasteiger partial charge is 0.326 e. The van der Waals surface area contributed by atoms with Gasteiger partial charge in [-0.25, -0.2) is 4.79 Å². The fourth-order valence-electron chi connectivity index (χ4n) is 2.37. The maximum absolute atomic E-state index is 12.0. The van der Waals surface area contributed by atoms with Crippen LogP contribution in [0.1, 0.15) is 24.0 Å². The van der Waals surface area contributed by atoms with Crippen LogP contribution in [0.4, 0.5) is 10.5 Å². The lowest BCUT2D eigenvalue weighted by molar-refractivity contribution is -0.125. The Balaban J connectivity index is 1.82. The molecule has 118 valence electrons. The summed E-state index contributed by atoms with van der Waals surface area (Å²) in [4.78, 5) is 37.8. The Morgan fingerprint density at radius 1 is 1.27 bits per heavy atom. The van der Waals surface area contributed by atoms with E-state index in [1.165, 1.54) is 9.80 Å². The molecule has 1 aliphatic heterocycles. The summed E-state index contributed by atoms with van der Waals surface area (Å²) in [5.74, 6) is -0.316. The molecule has 0 atom stereocenters. The highest BCUT2D eigenvalue weighted by Gasteiger charge is 2.32. The van der Waals surface area contributed by atoms with Crippen molar-refractivity contribution in [3.05, 3.63) is 29.3 Å². The topological polar surface area (TPSA) is 69.7 Å². The molecule has 6 nitrogen and oxygen atoms in total. The van der Waals surface area contributed by atoms with Crippen LogP contribution in [0.25, 0.3) is 0 Å². The van der Waals surface area contributed by atoms with Gasteiger partial charge < -0.3 is 10.2 Å². The highest BCUT2D eigenvalue weighted by molar-refractivity contribution is 6.01. The average Bonchev–Trinajstić information content (AvgIpc) is 2.69. The van der Waals surface area contributed by atoms with Crippen molar-refractivity contribution < 1.29 is 14.4 Å². The standard InChI is InChI=1S/C16H21N3O3/c1-11-6-7-12(2)13(9-11)17-14(20)5-4-8-19-15(21)10-18(3)16(19)22/h6-7,9H,4-5,8,10H2,1-3H3,(H,17,20). The largest absolute Gasteiger partial charge is 0.326 e. The Bertz CT molecular complexity index is 613. The van der Waals surface area contributed by atoms with Gasteiger partial charge in [0.2, 0.25) is 11.8 Å². The van der Waals surface area contributed by atoms with Crippen molar-refractivity contribution in [1.82, 2.24) is 9.80 Å². The molecule has 1 N–H and O–H groups in total. The summed E-state index contributed by atoms with van der Waals surface area (Å²) in [7, 11) is 1.59. The molecular weight excluding hydrogens is 282 g/mol. The van der Waals surface area contributed by atoms with Crippen LogP contribution in [0, 0.1) is 13.8 Å². The van der Waals surface area contributed by atoms with Crippen molar-refractivity contribution >= 4 is 23.5 Å². The van der Waals surface area contributed by atoms with Gasteiger partial charge in [0.1, 0.15) is 6.54 Å². The van der Waals surface area contributed by atoms with Crippen molar-refractivity contribution in [2.24, 2.45) is 0 Å². The Labute approximate surface area is 130 Å². The van der Waals surface area contributed by atoms with E-state index in [0.717, 1.165) is 16.8 Å². The van der Waals surface area contributed by atoms with Crippen LogP contribution >= 0.6 is 0 Å². The molecule has 0 bridgehead atoms. The number of carbonyl (C=O) groups is 3. The maximum Gasteiger partial charge on any atom is 0.326 e. The lowest BCUT2D eigenvalue weighted by atomic mass is 10.1. The van der Waals surface area contributed by atoms with E-state index in [9.17, 15) is 14.4 Å². The number of nitrogens with one attached hydrogen (secondary N) is 1. The molecule has 1 aromatic carbocycles. The second-order valence-corrected chi connectivity index (χ2v) is 5.65. The van der Waals surface area contributed by atoms with Gasteiger partial charge >= 0.3 is 6.03 Å². The van der Waals surface area contributed by atoms with E-state index in [1.807, 2.05) is 32.0 Å². The van der Waals surface area contributed by atoms with Crippen molar-refractivity contribution in [2.45, 2.75) is 26.7 Å². The zero-order valence-electron chi connectivity index (χ0n) is 13.2. The summed E-state index contributed by atoms with van der Waals surface area (Å²) in [6.45, 7) is 4.30. The molecule has 0 saturated carbocycles. The van der Waals surface area contributed by atoms with Gasteiger partial charge in [0.15, 0.2) is 0 Å². The molecule has 4 amide bonds. The average molecular weight is 303 g/mol. The number of rotatable bonds is 5. The number of anilines is 1. The Hall–Kier alpha value is -2.37. The second-order valence-electron chi connectivity index (χ2n) is 5.65. The van der Waals surface area contributed by atoms with Crippen LogP contribution in [-0.2, 0) is 9.59 Å². The van der Waals surface area contributed by atoms with Crippen LogP contribution in [0.15, 0.2) is 18.2 Å². The highest BCUT2D eigenvalue weighted by atomic mass is 16.2. The molecule has 1 aliphatic rings. The van der Waals surface area contributed by atoms with E-state index >= 15 is 0 Å². The van der Waals surface area contributed by atoms with Crippen LogP contribution < -0.4 is 5.32 Å². The third kappa shape index (κ3) is 3.63. The van der Waals surface area contributed by atoms with Crippen LogP contribution in [0.5, 0.6) is 0 Å². The Morgan fingerprint density at radius 2 is 2.00 bits per heavy atom. The molecule has 0 spiro atoms. The molecule has 1 aromatic rings. The Kier molecular flexibility index (Phi) is 4.80. The van der Waals surface area contributed by atoms with Crippen LogP contribution in [-0.4, -0.2) is 47.8 Å². The molecule has 0 aromatic heterocycles. The van der Waals surface area contributed by atoms with Gasteiger partial charge in [-0.3, -0.25) is 14.5 Å². The quantitative estimate of drug-likeness (QED) is 0.845. The zero-order chi connectivity index (χ0) is 16.3. The molecule has 6 heteroatoms. The molecule has 2 rings (SSSR count). The molecule has 1 fully saturated rings. The molecule has 0 unspecified atom stereocenters. The molecule has 1 heterocycles. The fourth-order valence-corrected chi connectivity index (χ4v) is 2.37. The van der Waals surface area contributed by atoms with Crippen LogP contribution in [0.3, 0.4) is 0 Å². The number of aryl methyl sites for hydroxylation is 2. The molecule has 22 heavy (non-hydrogen) atoms. The van der Waals surface area contributed by atoms with E-state index in [1.54, 1.807) is 7.05 Å². The molecule has 0 aliphatic carbocycles. The number of carbonyl (C=O) groups excluding carboxylic acids is 3. The van der Waals surface area contributed by atoms with Crippen molar-refractivity contribution in [3.63, 3.8) is 0 Å². The highest BCUT2D eigenvalue weighted by Crippen LogP contribution is 2.17. The van der Waals surface area contributed by atoms with E-state index in [0.29, 0.717) is 6.42 Å². The normalized spacial score (nSPS) is 14.7. The van der Waals surface area contributed by atoms with Gasteiger partial charge in [0, 0.05) is 25.7 Å². The van der Waals surface area contributed by atoms with Crippen LogP contribution in [0.2, 0.25) is 0 Å². The van der Waals surface area contributed by atoms with Gasteiger partial charge in [0.25, 0.3) is 0 Å². The summed E-state index contributed by atoms with van der Waals surface area (Å²) in [6.07, 6.45) is 0.732. The summed E-state index contributed by atoms with van der Waals surface area (Å²) in [5.41, 5.74) is 2.89. The van der Waals surface area contributed by atoms with Gasteiger partial charge in [0.05, 0.1) is 0 Å². The van der Waals surface area contributed by atoms with E-state index < -0.39 is 0 Å². The van der Waals surface area contributed by atoms with E-state index in [2.05, 4.69) is 5.32 Å². The summed E-state index contributed by atoms with van der Waals surface area (Å²) >= 11 is 0.